The van der Waals surface area contributed by atoms with E-state index >= 15 is 0 Å². The van der Waals surface area contributed by atoms with Gasteiger partial charge in [-0.1, -0.05) is 17.2 Å². The minimum Gasteiger partial charge on any atom is -0.390 e. The molecule has 0 bridgehead atoms. The van der Waals surface area contributed by atoms with Gasteiger partial charge in [0.2, 0.25) is 0 Å². The van der Waals surface area contributed by atoms with Crippen molar-refractivity contribution in [3.63, 3.8) is 0 Å². The van der Waals surface area contributed by atoms with Crippen LogP contribution in [0.3, 0.4) is 0 Å². The molecular weight excluding hydrogens is 232 g/mol. The number of benzene rings is 1. The topological polar surface area (TPSA) is 92.5 Å². The van der Waals surface area contributed by atoms with E-state index in [1.807, 2.05) is 37.2 Å². The molecule has 0 radical (unpaired) electrons. The molecule has 1 aromatic carbocycles. The van der Waals surface area contributed by atoms with Crippen molar-refractivity contribution >= 4 is 5.69 Å². The summed E-state index contributed by atoms with van der Waals surface area (Å²) in [6, 6.07) is 7.33. The van der Waals surface area contributed by atoms with E-state index < -0.39 is 12.2 Å². The second kappa shape index (κ2) is 6.86. The smallest absolute Gasteiger partial charge is 0.105 e. The second-order valence-corrected chi connectivity index (χ2v) is 4.24. The molecule has 1 aromatic rings. The molecule has 6 heteroatoms. The summed E-state index contributed by atoms with van der Waals surface area (Å²) in [4.78, 5) is 4.52. The van der Waals surface area contributed by atoms with Crippen molar-refractivity contribution in [2.45, 2.75) is 18.6 Å². The van der Waals surface area contributed by atoms with E-state index in [9.17, 15) is 10.2 Å². The Bertz CT molecular complexity index is 430. The number of aliphatic hydroxyl groups excluding tert-OH is 2. The average Bonchev–Trinajstić information content (AvgIpc) is 2.38. The zero-order valence-electron chi connectivity index (χ0n) is 10.6. The summed E-state index contributed by atoms with van der Waals surface area (Å²) in [6.45, 7) is 0.169. The maximum absolute atomic E-state index is 9.99. The summed E-state index contributed by atoms with van der Waals surface area (Å²) in [5, 5.41) is 23.1. The average molecular weight is 250 g/mol. The number of hydrogen-bond donors (Lipinski definition) is 2. The van der Waals surface area contributed by atoms with E-state index in [1.165, 1.54) is 0 Å². The van der Waals surface area contributed by atoms with Crippen LogP contribution in [0.25, 0.3) is 10.4 Å². The van der Waals surface area contributed by atoms with Crippen LogP contribution in [0, 0.1) is 0 Å². The van der Waals surface area contributed by atoms with Crippen molar-refractivity contribution in [3.8, 4) is 0 Å². The fraction of sp³-hybridized carbons (Fsp3) is 0.500. The lowest BCUT2D eigenvalue weighted by Crippen LogP contribution is -2.19. The Balaban J connectivity index is 2.73. The van der Waals surface area contributed by atoms with Crippen LogP contribution in [0.5, 0.6) is 0 Å². The zero-order chi connectivity index (χ0) is 13.5. The van der Waals surface area contributed by atoms with Crippen molar-refractivity contribution in [3.05, 3.63) is 40.3 Å². The van der Waals surface area contributed by atoms with Gasteiger partial charge in [-0.25, -0.2) is 0 Å². The number of rotatable bonds is 6. The molecule has 0 heterocycles. The highest BCUT2D eigenvalue weighted by Gasteiger charge is 2.18. The van der Waals surface area contributed by atoms with Crippen LogP contribution in [-0.4, -0.2) is 37.0 Å². The van der Waals surface area contributed by atoms with Crippen LogP contribution in [0.2, 0.25) is 0 Å². The Labute approximate surface area is 106 Å². The molecule has 0 aliphatic heterocycles. The highest BCUT2D eigenvalue weighted by molar-refractivity contribution is 5.47. The van der Waals surface area contributed by atoms with E-state index in [1.54, 1.807) is 6.07 Å². The van der Waals surface area contributed by atoms with Crippen LogP contribution >= 0.6 is 0 Å². The van der Waals surface area contributed by atoms with Gasteiger partial charge in [0, 0.05) is 31.2 Å². The number of nitrogens with zero attached hydrogens (tertiary/aromatic N) is 4. The van der Waals surface area contributed by atoms with Crippen molar-refractivity contribution in [1.29, 1.82) is 0 Å². The normalized spacial score (nSPS) is 13.6. The van der Waals surface area contributed by atoms with Crippen LogP contribution in [0.4, 0.5) is 5.69 Å². The lowest BCUT2D eigenvalue weighted by Gasteiger charge is -2.20. The maximum Gasteiger partial charge on any atom is 0.105 e. The Hall–Kier alpha value is -1.75. The molecule has 0 aromatic heterocycles. The molecule has 1 rings (SSSR count). The first-order valence-electron chi connectivity index (χ1n) is 5.70. The van der Waals surface area contributed by atoms with E-state index in [2.05, 4.69) is 10.0 Å². The van der Waals surface area contributed by atoms with Crippen molar-refractivity contribution in [1.82, 2.24) is 0 Å². The predicted octanol–water partition coefficient (Wildman–Crippen LogP) is 1.85. The fourth-order valence-electron chi connectivity index (χ4n) is 1.60. The van der Waals surface area contributed by atoms with Crippen molar-refractivity contribution < 1.29 is 10.2 Å². The van der Waals surface area contributed by atoms with Gasteiger partial charge in [-0.3, -0.25) is 0 Å². The van der Waals surface area contributed by atoms with Gasteiger partial charge in [-0.2, -0.15) is 0 Å². The van der Waals surface area contributed by atoms with Crippen LogP contribution in [0.1, 0.15) is 18.1 Å². The van der Waals surface area contributed by atoms with E-state index in [0.29, 0.717) is 5.56 Å². The summed E-state index contributed by atoms with van der Waals surface area (Å²) in [7, 11) is 3.81. The quantitative estimate of drug-likeness (QED) is 0.458. The maximum atomic E-state index is 9.99. The van der Waals surface area contributed by atoms with Crippen LogP contribution < -0.4 is 4.90 Å². The van der Waals surface area contributed by atoms with Crippen molar-refractivity contribution in [2.24, 2.45) is 5.11 Å². The first kappa shape index (κ1) is 14.3. The molecule has 18 heavy (non-hydrogen) atoms. The Kier molecular flexibility index (Phi) is 5.45. The zero-order valence-corrected chi connectivity index (χ0v) is 10.6. The fourth-order valence-corrected chi connectivity index (χ4v) is 1.60. The third-order valence-corrected chi connectivity index (χ3v) is 2.68. The number of hydrogen-bond acceptors (Lipinski definition) is 4. The van der Waals surface area contributed by atoms with Crippen LogP contribution in [-0.2, 0) is 0 Å². The van der Waals surface area contributed by atoms with E-state index in [4.69, 9.17) is 5.53 Å². The molecule has 0 aliphatic rings. The van der Waals surface area contributed by atoms with Gasteiger partial charge in [0.05, 0.1) is 6.10 Å². The number of azide groups is 1. The lowest BCUT2D eigenvalue weighted by molar-refractivity contribution is 0.0150. The first-order valence-corrected chi connectivity index (χ1v) is 5.70. The van der Waals surface area contributed by atoms with Gasteiger partial charge in [0.1, 0.15) is 6.10 Å². The summed E-state index contributed by atoms with van der Waals surface area (Å²) in [5.41, 5.74) is 9.74. The summed E-state index contributed by atoms with van der Waals surface area (Å²) in [5.74, 6) is 0. The molecule has 6 nitrogen and oxygen atoms in total. The summed E-state index contributed by atoms with van der Waals surface area (Å²) in [6.07, 6.45) is -1.68. The number of aliphatic hydroxyl groups is 2. The van der Waals surface area contributed by atoms with E-state index in [-0.39, 0.29) is 13.0 Å². The van der Waals surface area contributed by atoms with E-state index in [0.717, 1.165) is 5.69 Å². The SMILES string of the molecule is CN(C)c1cccc(C(O)C(O)CCN=[N+]=[N-])c1. The molecule has 0 saturated carbocycles. The monoisotopic (exact) mass is 250 g/mol. The van der Waals surface area contributed by atoms with Gasteiger partial charge in [-0.15, -0.1) is 0 Å². The van der Waals surface area contributed by atoms with Crippen molar-refractivity contribution in [2.75, 3.05) is 25.5 Å². The second-order valence-electron chi connectivity index (χ2n) is 4.24. The molecule has 0 amide bonds. The highest BCUT2D eigenvalue weighted by Crippen LogP contribution is 2.23. The molecule has 0 aliphatic carbocycles. The molecular formula is C12H18N4O2. The summed E-state index contributed by atoms with van der Waals surface area (Å²) >= 11 is 0. The Morgan fingerprint density at radius 1 is 1.39 bits per heavy atom. The third-order valence-electron chi connectivity index (χ3n) is 2.68. The minimum absolute atomic E-state index is 0.169. The van der Waals surface area contributed by atoms with Crippen LogP contribution in [0.15, 0.2) is 29.4 Å². The standard InChI is InChI=1S/C12H18N4O2/c1-16(2)10-5-3-4-9(8-10)12(18)11(17)6-7-14-15-13/h3-5,8,11-12,17-18H,6-7H2,1-2H3. The lowest BCUT2D eigenvalue weighted by atomic mass is 10.0. The molecule has 2 unspecified atom stereocenters. The molecule has 0 spiro atoms. The Morgan fingerprint density at radius 2 is 2.11 bits per heavy atom. The number of anilines is 1. The Morgan fingerprint density at radius 3 is 2.72 bits per heavy atom. The largest absolute Gasteiger partial charge is 0.390 e. The van der Waals surface area contributed by atoms with Gasteiger partial charge >= 0.3 is 0 Å². The molecule has 2 atom stereocenters. The molecule has 0 fully saturated rings. The molecule has 98 valence electrons. The minimum atomic E-state index is -0.973. The third kappa shape index (κ3) is 3.92. The highest BCUT2D eigenvalue weighted by atomic mass is 16.3. The van der Waals surface area contributed by atoms with Gasteiger partial charge in [0.25, 0.3) is 0 Å². The van der Waals surface area contributed by atoms with Gasteiger partial charge in [-0.05, 0) is 29.6 Å². The first-order chi connectivity index (χ1) is 8.56. The molecule has 2 N–H and O–H groups in total. The van der Waals surface area contributed by atoms with Gasteiger partial charge in [0.15, 0.2) is 0 Å². The predicted molar refractivity (Wildman–Crippen MR) is 70.4 cm³/mol. The summed E-state index contributed by atoms with van der Waals surface area (Å²) < 4.78 is 0. The molecule has 0 saturated heterocycles. The van der Waals surface area contributed by atoms with Gasteiger partial charge < -0.3 is 15.1 Å².